The normalized spacial score (nSPS) is 16.5. The minimum Gasteiger partial charge on any atom is -0.465 e. The van der Waals surface area contributed by atoms with E-state index in [-0.39, 0.29) is 23.9 Å². The van der Waals surface area contributed by atoms with Gasteiger partial charge in [0.15, 0.2) is 6.23 Å². The minimum absolute atomic E-state index is 0.0577. The highest BCUT2D eigenvalue weighted by molar-refractivity contribution is 7.90. The average Bonchev–Trinajstić information content (AvgIpc) is 2.72. The molecular weight excluding hydrogens is 441 g/mol. The van der Waals surface area contributed by atoms with Crippen molar-refractivity contribution in [3.8, 4) is 5.88 Å². The number of carboxylic acid groups (broad SMARTS) is 1. The van der Waals surface area contributed by atoms with Crippen LogP contribution in [0.1, 0.15) is 24.8 Å². The fourth-order valence-electron chi connectivity index (χ4n) is 3.28. The number of anilines is 3. The standard InChI is InChI=1S/C20H26FN5O5S/c1-13-18(23-12-24-19(13)31-17-5-3-4-9-26(17)20(27)28)25-16-7-6-14(11-15(16)21)22-8-10-32(2,29)30/h6-7,11-12,17,22H,3-5,8-10H2,1-2H3,(H,27,28)(H,23,24,25). The van der Waals surface area contributed by atoms with E-state index in [1.54, 1.807) is 13.0 Å². The Hall–Kier alpha value is -3.15. The number of rotatable bonds is 8. The molecule has 1 fully saturated rings. The van der Waals surface area contributed by atoms with Crippen LogP contribution in [0, 0.1) is 12.7 Å². The van der Waals surface area contributed by atoms with Crippen LogP contribution in [-0.2, 0) is 9.84 Å². The van der Waals surface area contributed by atoms with E-state index in [2.05, 4.69) is 20.6 Å². The number of amides is 1. The Morgan fingerprint density at radius 2 is 2.12 bits per heavy atom. The van der Waals surface area contributed by atoms with E-state index in [4.69, 9.17) is 4.74 Å². The van der Waals surface area contributed by atoms with Gasteiger partial charge in [-0.15, -0.1) is 0 Å². The van der Waals surface area contributed by atoms with Crippen molar-refractivity contribution in [2.75, 3.05) is 35.7 Å². The van der Waals surface area contributed by atoms with E-state index in [0.29, 0.717) is 30.0 Å². The first-order valence-electron chi connectivity index (χ1n) is 10.1. The zero-order chi connectivity index (χ0) is 23.3. The number of likely N-dealkylation sites (tertiary alicyclic amines) is 1. The Kier molecular flexibility index (Phi) is 7.33. The number of piperidine rings is 1. The number of benzene rings is 1. The first kappa shape index (κ1) is 23.5. The van der Waals surface area contributed by atoms with Gasteiger partial charge in [-0.05, 0) is 38.0 Å². The van der Waals surface area contributed by atoms with Gasteiger partial charge in [-0.25, -0.2) is 27.6 Å². The Balaban J connectivity index is 1.71. The number of hydrogen-bond donors (Lipinski definition) is 3. The van der Waals surface area contributed by atoms with Crippen molar-refractivity contribution >= 4 is 33.1 Å². The second-order valence-electron chi connectivity index (χ2n) is 7.57. The SMILES string of the molecule is Cc1c(Nc2ccc(NCCS(C)(=O)=O)cc2F)ncnc1OC1CCCCN1C(=O)O. The Bertz CT molecular complexity index is 1080. The van der Waals surface area contributed by atoms with Crippen LogP contribution in [0.15, 0.2) is 24.5 Å². The zero-order valence-corrected chi connectivity index (χ0v) is 18.7. The van der Waals surface area contributed by atoms with E-state index in [1.807, 2.05) is 0 Å². The van der Waals surface area contributed by atoms with Crippen LogP contribution in [0.5, 0.6) is 5.88 Å². The van der Waals surface area contributed by atoms with Gasteiger partial charge in [0.1, 0.15) is 27.8 Å². The number of halogens is 1. The molecule has 12 heteroatoms. The lowest BCUT2D eigenvalue weighted by Crippen LogP contribution is -2.46. The second kappa shape index (κ2) is 9.98. The predicted molar refractivity (Wildman–Crippen MR) is 118 cm³/mol. The molecule has 0 saturated carbocycles. The first-order chi connectivity index (χ1) is 15.1. The Morgan fingerprint density at radius 3 is 2.81 bits per heavy atom. The number of ether oxygens (including phenoxy) is 1. The largest absolute Gasteiger partial charge is 0.465 e. The second-order valence-corrected chi connectivity index (χ2v) is 9.83. The quantitative estimate of drug-likeness (QED) is 0.535. The van der Waals surface area contributed by atoms with Gasteiger partial charge in [0.2, 0.25) is 5.88 Å². The maximum atomic E-state index is 14.6. The highest BCUT2D eigenvalue weighted by atomic mass is 32.2. The fraction of sp³-hybridized carbons (Fsp3) is 0.450. The molecule has 1 amide bonds. The topological polar surface area (TPSA) is 134 Å². The molecule has 1 aliphatic heterocycles. The lowest BCUT2D eigenvalue weighted by molar-refractivity contribution is 0.00292. The molecule has 3 rings (SSSR count). The van der Waals surface area contributed by atoms with Crippen molar-refractivity contribution in [1.29, 1.82) is 0 Å². The van der Waals surface area contributed by atoms with E-state index >= 15 is 0 Å². The summed E-state index contributed by atoms with van der Waals surface area (Å²) in [7, 11) is -3.11. The monoisotopic (exact) mass is 467 g/mol. The summed E-state index contributed by atoms with van der Waals surface area (Å²) < 4.78 is 42.8. The number of sulfone groups is 1. The molecule has 0 spiro atoms. The first-order valence-corrected chi connectivity index (χ1v) is 12.2. The molecule has 0 radical (unpaired) electrons. The summed E-state index contributed by atoms with van der Waals surface area (Å²) in [6, 6.07) is 4.38. The zero-order valence-electron chi connectivity index (χ0n) is 17.8. The molecule has 1 atom stereocenters. The number of nitrogens with zero attached hydrogens (tertiary/aromatic N) is 3. The fourth-order valence-corrected chi connectivity index (χ4v) is 3.76. The lowest BCUT2D eigenvalue weighted by atomic mass is 10.1. The van der Waals surface area contributed by atoms with Crippen molar-refractivity contribution in [3.05, 3.63) is 35.9 Å². The molecule has 1 saturated heterocycles. The van der Waals surface area contributed by atoms with E-state index in [0.717, 1.165) is 19.1 Å². The van der Waals surface area contributed by atoms with Gasteiger partial charge in [0, 0.05) is 31.5 Å². The summed E-state index contributed by atoms with van der Waals surface area (Å²) in [5.41, 5.74) is 1.13. The summed E-state index contributed by atoms with van der Waals surface area (Å²) >= 11 is 0. The molecular formula is C20H26FN5O5S. The van der Waals surface area contributed by atoms with Crippen LogP contribution in [0.3, 0.4) is 0 Å². The van der Waals surface area contributed by atoms with Crippen LogP contribution in [-0.4, -0.2) is 65.8 Å². The van der Waals surface area contributed by atoms with Gasteiger partial charge in [0.05, 0.1) is 17.0 Å². The van der Waals surface area contributed by atoms with Crippen molar-refractivity contribution in [1.82, 2.24) is 14.9 Å². The molecule has 32 heavy (non-hydrogen) atoms. The summed E-state index contributed by atoms with van der Waals surface area (Å²) in [6.07, 6.45) is 2.89. The van der Waals surface area contributed by atoms with Gasteiger partial charge in [-0.3, -0.25) is 4.90 Å². The maximum absolute atomic E-state index is 14.6. The van der Waals surface area contributed by atoms with Crippen molar-refractivity contribution in [2.45, 2.75) is 32.4 Å². The van der Waals surface area contributed by atoms with Gasteiger partial charge >= 0.3 is 6.09 Å². The van der Waals surface area contributed by atoms with Crippen LogP contribution in [0.2, 0.25) is 0 Å². The molecule has 1 aromatic carbocycles. The van der Waals surface area contributed by atoms with Crippen molar-refractivity contribution in [3.63, 3.8) is 0 Å². The third-order valence-corrected chi connectivity index (χ3v) is 5.95. The molecule has 174 valence electrons. The Morgan fingerprint density at radius 1 is 1.34 bits per heavy atom. The third kappa shape index (κ3) is 6.19. The van der Waals surface area contributed by atoms with Gasteiger partial charge in [-0.1, -0.05) is 0 Å². The number of nitrogens with one attached hydrogen (secondary N) is 2. The van der Waals surface area contributed by atoms with Gasteiger partial charge in [0.25, 0.3) is 0 Å². The molecule has 1 unspecified atom stereocenters. The molecule has 1 aliphatic rings. The van der Waals surface area contributed by atoms with Gasteiger partial charge in [-0.2, -0.15) is 0 Å². The molecule has 2 aromatic rings. The highest BCUT2D eigenvalue weighted by Gasteiger charge is 2.29. The van der Waals surface area contributed by atoms with E-state index < -0.39 is 28.0 Å². The highest BCUT2D eigenvalue weighted by Crippen LogP contribution is 2.29. The van der Waals surface area contributed by atoms with E-state index in [1.165, 1.54) is 23.4 Å². The molecule has 10 nitrogen and oxygen atoms in total. The van der Waals surface area contributed by atoms with Crippen molar-refractivity contribution in [2.24, 2.45) is 0 Å². The molecule has 0 bridgehead atoms. The molecule has 3 N–H and O–H groups in total. The smallest absolute Gasteiger partial charge is 0.410 e. The van der Waals surface area contributed by atoms with Crippen LogP contribution < -0.4 is 15.4 Å². The molecule has 1 aromatic heterocycles. The number of aromatic nitrogens is 2. The van der Waals surface area contributed by atoms with E-state index in [9.17, 15) is 22.7 Å². The summed E-state index contributed by atoms with van der Waals surface area (Å²) in [4.78, 5) is 20.9. The van der Waals surface area contributed by atoms with Crippen molar-refractivity contribution < 1.29 is 27.4 Å². The number of carbonyl (C=O) groups is 1. The minimum atomic E-state index is -3.11. The van der Waals surface area contributed by atoms with Crippen LogP contribution in [0.25, 0.3) is 0 Å². The summed E-state index contributed by atoms with van der Waals surface area (Å²) in [5, 5.41) is 15.1. The Labute approximate surface area is 185 Å². The third-order valence-electron chi connectivity index (χ3n) is 5.00. The molecule has 2 heterocycles. The maximum Gasteiger partial charge on any atom is 0.410 e. The van der Waals surface area contributed by atoms with Crippen LogP contribution in [0.4, 0.5) is 26.4 Å². The lowest BCUT2D eigenvalue weighted by Gasteiger charge is -2.33. The predicted octanol–water partition coefficient (Wildman–Crippen LogP) is 2.99. The summed E-state index contributed by atoms with van der Waals surface area (Å²) in [5.74, 6) is -0.0682. The summed E-state index contributed by atoms with van der Waals surface area (Å²) in [6.45, 7) is 2.26. The number of hydrogen-bond acceptors (Lipinski definition) is 8. The van der Waals surface area contributed by atoms with Crippen LogP contribution >= 0.6 is 0 Å². The molecule has 0 aliphatic carbocycles. The van der Waals surface area contributed by atoms with Gasteiger partial charge < -0.3 is 20.5 Å². The average molecular weight is 468 g/mol.